The van der Waals surface area contributed by atoms with Crippen molar-refractivity contribution in [3.63, 3.8) is 0 Å². The second kappa shape index (κ2) is 4.91. The molecule has 0 aliphatic carbocycles. The Labute approximate surface area is 81.4 Å². The molecule has 0 amide bonds. The van der Waals surface area contributed by atoms with Gasteiger partial charge in [0.1, 0.15) is 0 Å². The predicted octanol–water partition coefficient (Wildman–Crippen LogP) is 1.32. The van der Waals surface area contributed by atoms with Crippen molar-refractivity contribution < 1.29 is 0 Å². The van der Waals surface area contributed by atoms with E-state index in [0.29, 0.717) is 9.09 Å². The van der Waals surface area contributed by atoms with E-state index in [4.69, 9.17) is 5.73 Å². The summed E-state index contributed by atoms with van der Waals surface area (Å²) in [6, 6.07) is 0. The molecule has 0 radical (unpaired) electrons. The van der Waals surface area contributed by atoms with E-state index >= 15 is 0 Å². The highest BCUT2D eigenvalue weighted by atomic mass is 32.1. The highest BCUT2D eigenvalue weighted by molar-refractivity contribution is 7.73. The summed E-state index contributed by atoms with van der Waals surface area (Å²) in [6.07, 6.45) is 1.66. The number of rotatable bonds is 0. The Hall–Kier alpha value is -0.860. The van der Waals surface area contributed by atoms with Crippen LogP contribution in [0.5, 0.6) is 0 Å². The summed E-state index contributed by atoms with van der Waals surface area (Å²) < 4.78 is 4.14. The highest BCUT2D eigenvalue weighted by Gasteiger charge is 1.83. The van der Waals surface area contributed by atoms with Gasteiger partial charge in [-0.15, -0.1) is 10.2 Å². The zero-order chi connectivity index (χ0) is 8.81. The van der Waals surface area contributed by atoms with Crippen molar-refractivity contribution in [3.05, 3.63) is 15.5 Å². The first-order valence-corrected chi connectivity index (χ1v) is 4.87. The number of hydrogen-bond donors (Lipinski definition) is 2. The van der Waals surface area contributed by atoms with Gasteiger partial charge in [-0.3, -0.25) is 5.10 Å². The first kappa shape index (κ1) is 9.23. The van der Waals surface area contributed by atoms with E-state index in [1.807, 2.05) is 5.38 Å². The molecular formula is C4H5N5S3. The van der Waals surface area contributed by atoms with Crippen LogP contribution in [0.2, 0.25) is 0 Å². The number of H-pyrrole nitrogens is 1. The van der Waals surface area contributed by atoms with Gasteiger partial charge in [-0.25, -0.2) is 0 Å². The SMILES string of the molecule is Nc1n[nH]c(=S)s1.c1csnn1. The largest absolute Gasteiger partial charge is 0.374 e. The number of anilines is 1. The molecule has 0 unspecified atom stereocenters. The molecule has 64 valence electrons. The van der Waals surface area contributed by atoms with Crippen molar-refractivity contribution in [1.82, 2.24) is 19.8 Å². The monoisotopic (exact) mass is 219 g/mol. The maximum absolute atomic E-state index is 5.19. The van der Waals surface area contributed by atoms with E-state index in [0.717, 1.165) is 0 Å². The predicted molar refractivity (Wildman–Crippen MR) is 51.6 cm³/mol. The number of nitrogens with one attached hydrogen (secondary N) is 1. The summed E-state index contributed by atoms with van der Waals surface area (Å²) in [6.45, 7) is 0. The molecular weight excluding hydrogens is 214 g/mol. The lowest BCUT2D eigenvalue weighted by molar-refractivity contribution is 1.09. The molecule has 2 aromatic heterocycles. The van der Waals surface area contributed by atoms with Crippen LogP contribution in [-0.4, -0.2) is 19.8 Å². The first-order chi connectivity index (χ1) is 5.79. The average molecular weight is 219 g/mol. The van der Waals surface area contributed by atoms with Crippen molar-refractivity contribution in [2.75, 3.05) is 5.73 Å². The number of aromatic nitrogens is 4. The maximum atomic E-state index is 5.19. The minimum absolute atomic E-state index is 0.491. The molecule has 0 atom stereocenters. The van der Waals surface area contributed by atoms with Gasteiger partial charge in [-0.1, -0.05) is 15.8 Å². The number of hydrogen-bond acceptors (Lipinski definition) is 7. The molecule has 0 saturated heterocycles. The Morgan fingerprint density at radius 2 is 2.42 bits per heavy atom. The van der Waals surface area contributed by atoms with Gasteiger partial charge in [-0.05, 0) is 23.8 Å². The molecule has 0 spiro atoms. The second-order valence-electron chi connectivity index (χ2n) is 1.54. The fraction of sp³-hybridized carbons (Fsp3) is 0. The van der Waals surface area contributed by atoms with Crippen LogP contribution in [0.15, 0.2) is 11.6 Å². The molecule has 0 saturated carbocycles. The topological polar surface area (TPSA) is 80.5 Å². The van der Waals surface area contributed by atoms with Crippen LogP contribution in [0, 0.1) is 3.95 Å². The molecule has 8 heteroatoms. The molecule has 0 bridgehead atoms. The maximum Gasteiger partial charge on any atom is 0.201 e. The normalized spacial score (nSPS) is 8.67. The molecule has 12 heavy (non-hydrogen) atoms. The lowest BCUT2D eigenvalue weighted by Crippen LogP contribution is -1.79. The Morgan fingerprint density at radius 1 is 1.58 bits per heavy atom. The molecule has 5 nitrogen and oxygen atoms in total. The molecule has 0 aromatic carbocycles. The zero-order valence-corrected chi connectivity index (χ0v) is 8.25. The Bertz CT molecular complexity index is 331. The molecule has 2 heterocycles. The second-order valence-corrected chi connectivity index (χ2v) is 3.88. The van der Waals surface area contributed by atoms with E-state index in [1.54, 1.807) is 6.20 Å². The van der Waals surface area contributed by atoms with Crippen molar-refractivity contribution in [2.24, 2.45) is 0 Å². The molecule has 3 N–H and O–H groups in total. The van der Waals surface area contributed by atoms with Gasteiger partial charge in [0.05, 0.1) is 6.20 Å². The molecule has 0 aliphatic rings. The summed E-state index contributed by atoms with van der Waals surface area (Å²) in [5.74, 6) is 0. The minimum Gasteiger partial charge on any atom is -0.374 e. The minimum atomic E-state index is 0.491. The van der Waals surface area contributed by atoms with Crippen LogP contribution in [-0.2, 0) is 0 Å². The standard InChI is InChI=1S/C2H3N3S2.C2H2N2S/c3-1-4-5-2(6)7-1;1-2-5-4-3-1/h(H2,3,4)(H,5,6);1-2H. The van der Waals surface area contributed by atoms with Crippen LogP contribution in [0.25, 0.3) is 0 Å². The Morgan fingerprint density at radius 3 is 2.58 bits per heavy atom. The lowest BCUT2D eigenvalue weighted by atomic mass is 11.1. The van der Waals surface area contributed by atoms with Crippen LogP contribution in [0.4, 0.5) is 5.13 Å². The number of nitrogens with two attached hydrogens (primary N) is 1. The summed E-state index contributed by atoms with van der Waals surface area (Å²) in [7, 11) is 0. The van der Waals surface area contributed by atoms with Gasteiger partial charge in [0.15, 0.2) is 3.95 Å². The van der Waals surface area contributed by atoms with E-state index in [1.165, 1.54) is 22.9 Å². The molecule has 0 aliphatic heterocycles. The fourth-order valence-corrected chi connectivity index (χ4v) is 1.32. The van der Waals surface area contributed by atoms with Gasteiger partial charge in [-0.2, -0.15) is 0 Å². The van der Waals surface area contributed by atoms with Gasteiger partial charge >= 0.3 is 0 Å². The van der Waals surface area contributed by atoms with Crippen LogP contribution in [0.3, 0.4) is 0 Å². The van der Waals surface area contributed by atoms with Crippen molar-refractivity contribution in [1.29, 1.82) is 0 Å². The summed E-state index contributed by atoms with van der Waals surface area (Å²) in [5, 5.41) is 11.9. The third-order valence-electron chi connectivity index (χ3n) is 0.737. The van der Waals surface area contributed by atoms with Crippen molar-refractivity contribution >= 4 is 40.2 Å². The van der Waals surface area contributed by atoms with E-state index in [9.17, 15) is 0 Å². The van der Waals surface area contributed by atoms with Crippen molar-refractivity contribution in [3.8, 4) is 0 Å². The molecule has 2 rings (SSSR count). The van der Waals surface area contributed by atoms with Crippen LogP contribution < -0.4 is 5.73 Å². The van der Waals surface area contributed by atoms with Crippen LogP contribution >= 0.6 is 35.1 Å². The smallest absolute Gasteiger partial charge is 0.201 e. The zero-order valence-electron chi connectivity index (χ0n) is 5.80. The fourth-order valence-electron chi connectivity index (χ4n) is 0.377. The van der Waals surface area contributed by atoms with Crippen LogP contribution in [0.1, 0.15) is 0 Å². The van der Waals surface area contributed by atoms with Crippen molar-refractivity contribution in [2.45, 2.75) is 0 Å². The van der Waals surface area contributed by atoms with Gasteiger partial charge in [0.25, 0.3) is 0 Å². The number of nitrogens with zero attached hydrogens (tertiary/aromatic N) is 3. The van der Waals surface area contributed by atoms with E-state index in [-0.39, 0.29) is 0 Å². The average Bonchev–Trinajstić information content (AvgIpc) is 2.63. The summed E-state index contributed by atoms with van der Waals surface area (Å²) >= 11 is 7.27. The lowest BCUT2D eigenvalue weighted by Gasteiger charge is -1.65. The summed E-state index contributed by atoms with van der Waals surface area (Å²) in [5.41, 5.74) is 5.19. The Balaban J connectivity index is 0.000000127. The van der Waals surface area contributed by atoms with E-state index < -0.39 is 0 Å². The number of nitrogen functional groups attached to an aromatic ring is 1. The Kier molecular flexibility index (Phi) is 3.77. The highest BCUT2D eigenvalue weighted by Crippen LogP contribution is 2.03. The molecule has 2 aromatic rings. The van der Waals surface area contributed by atoms with Gasteiger partial charge in [0, 0.05) is 5.38 Å². The summed E-state index contributed by atoms with van der Waals surface area (Å²) in [4.78, 5) is 0. The van der Waals surface area contributed by atoms with Gasteiger partial charge < -0.3 is 5.73 Å². The third kappa shape index (κ3) is 3.51. The van der Waals surface area contributed by atoms with Gasteiger partial charge in [0.2, 0.25) is 5.13 Å². The quantitative estimate of drug-likeness (QED) is 0.653. The third-order valence-corrected chi connectivity index (χ3v) is 2.09. The first-order valence-electron chi connectivity index (χ1n) is 2.81. The van der Waals surface area contributed by atoms with E-state index in [2.05, 4.69) is 32.0 Å². The molecule has 0 fully saturated rings. The number of aromatic amines is 1.